The minimum absolute atomic E-state index is 0.122. The highest BCUT2D eigenvalue weighted by Gasteiger charge is 2.11. The molecule has 1 heterocycles. The first-order chi connectivity index (χ1) is 8.60. The van der Waals surface area contributed by atoms with Crippen LogP contribution in [0.4, 0.5) is 10.8 Å². The van der Waals surface area contributed by atoms with E-state index in [0.717, 1.165) is 0 Å². The van der Waals surface area contributed by atoms with Gasteiger partial charge in [0, 0.05) is 23.3 Å². The summed E-state index contributed by atoms with van der Waals surface area (Å²) in [6.45, 7) is 1.80. The largest absolute Gasteiger partial charge is 0.496 e. The predicted octanol–water partition coefficient (Wildman–Crippen LogP) is 2.30. The Morgan fingerprint density at radius 2 is 2.28 bits per heavy atom. The van der Waals surface area contributed by atoms with Crippen molar-refractivity contribution in [1.82, 2.24) is 9.36 Å². The highest BCUT2D eigenvalue weighted by atomic mass is 32.1. The average molecular weight is 265 g/mol. The van der Waals surface area contributed by atoms with Crippen molar-refractivity contribution in [2.45, 2.75) is 6.92 Å². The van der Waals surface area contributed by atoms with Crippen LogP contribution >= 0.6 is 11.5 Å². The van der Waals surface area contributed by atoms with Crippen LogP contribution in [-0.2, 0) is 0 Å². The average Bonchev–Trinajstić information content (AvgIpc) is 2.74. The lowest BCUT2D eigenvalue weighted by atomic mass is 10.2. The Kier molecular flexibility index (Phi) is 3.42. The molecule has 0 spiro atoms. The van der Waals surface area contributed by atoms with Gasteiger partial charge in [0.1, 0.15) is 17.1 Å². The third-order valence-corrected chi connectivity index (χ3v) is 2.93. The van der Waals surface area contributed by atoms with Crippen LogP contribution in [-0.4, -0.2) is 27.5 Å². The van der Waals surface area contributed by atoms with Gasteiger partial charge in [-0.1, -0.05) is 0 Å². The number of aryl methyl sites for hydroxylation is 1. The van der Waals surface area contributed by atoms with E-state index >= 15 is 0 Å². The summed E-state index contributed by atoms with van der Waals surface area (Å²) in [6, 6.07) is 4.75. The molecule has 0 bridgehead atoms. The van der Waals surface area contributed by atoms with E-state index < -0.39 is 5.97 Å². The van der Waals surface area contributed by atoms with Crippen LogP contribution < -0.4 is 10.1 Å². The van der Waals surface area contributed by atoms with Crippen molar-refractivity contribution < 1.29 is 14.6 Å². The number of rotatable bonds is 4. The highest BCUT2D eigenvalue weighted by molar-refractivity contribution is 7.09. The quantitative estimate of drug-likeness (QED) is 0.882. The molecule has 0 unspecified atom stereocenters. The summed E-state index contributed by atoms with van der Waals surface area (Å²) >= 11 is 1.24. The lowest BCUT2D eigenvalue weighted by Gasteiger charge is -2.08. The van der Waals surface area contributed by atoms with Gasteiger partial charge in [-0.15, -0.1) is 0 Å². The van der Waals surface area contributed by atoms with Crippen LogP contribution in [0.2, 0.25) is 0 Å². The van der Waals surface area contributed by atoms with E-state index in [4.69, 9.17) is 9.84 Å². The molecule has 94 valence electrons. The Morgan fingerprint density at radius 3 is 2.83 bits per heavy atom. The maximum Gasteiger partial charge on any atom is 0.339 e. The first kappa shape index (κ1) is 12.3. The number of hydrogen-bond acceptors (Lipinski definition) is 6. The van der Waals surface area contributed by atoms with Gasteiger partial charge in [0.25, 0.3) is 0 Å². The van der Waals surface area contributed by atoms with Gasteiger partial charge in [0.2, 0.25) is 5.13 Å². The molecule has 0 fully saturated rings. The fraction of sp³-hybridized carbons (Fsp3) is 0.182. The van der Waals surface area contributed by atoms with Crippen molar-refractivity contribution in [2.24, 2.45) is 0 Å². The molecule has 2 aromatic rings. The fourth-order valence-corrected chi connectivity index (χ4v) is 2.01. The molecule has 2 N–H and O–H groups in total. The summed E-state index contributed by atoms with van der Waals surface area (Å²) < 4.78 is 9.08. The Morgan fingerprint density at radius 1 is 1.50 bits per heavy atom. The number of aromatic carboxylic acids is 1. The van der Waals surface area contributed by atoms with Crippen molar-refractivity contribution in [3.63, 3.8) is 0 Å². The number of nitrogens with one attached hydrogen (secondary N) is 1. The third kappa shape index (κ3) is 2.57. The smallest absolute Gasteiger partial charge is 0.339 e. The Hall–Kier alpha value is -2.15. The molecular weight excluding hydrogens is 254 g/mol. The van der Waals surface area contributed by atoms with Gasteiger partial charge in [-0.25, -0.2) is 9.78 Å². The first-order valence-corrected chi connectivity index (χ1v) is 5.86. The summed E-state index contributed by atoms with van der Waals surface area (Å²) in [6.07, 6.45) is 0. The molecule has 1 aromatic heterocycles. The molecule has 0 amide bonds. The van der Waals surface area contributed by atoms with E-state index in [0.29, 0.717) is 22.4 Å². The normalized spacial score (nSPS) is 10.1. The van der Waals surface area contributed by atoms with Crippen LogP contribution in [0.15, 0.2) is 18.2 Å². The van der Waals surface area contributed by atoms with Crippen LogP contribution in [0.1, 0.15) is 16.2 Å². The predicted molar refractivity (Wildman–Crippen MR) is 67.9 cm³/mol. The van der Waals surface area contributed by atoms with E-state index in [2.05, 4.69) is 14.7 Å². The van der Waals surface area contributed by atoms with E-state index in [-0.39, 0.29) is 5.56 Å². The lowest BCUT2D eigenvalue weighted by Crippen LogP contribution is -2.01. The number of carboxylic acid groups (broad SMARTS) is 1. The van der Waals surface area contributed by atoms with Gasteiger partial charge >= 0.3 is 5.97 Å². The molecule has 0 saturated heterocycles. The number of anilines is 2. The highest BCUT2D eigenvalue weighted by Crippen LogP contribution is 2.26. The van der Waals surface area contributed by atoms with Gasteiger partial charge in [0.05, 0.1) is 7.11 Å². The molecule has 6 nitrogen and oxygen atoms in total. The van der Waals surface area contributed by atoms with Crippen LogP contribution in [0.5, 0.6) is 5.75 Å². The summed E-state index contributed by atoms with van der Waals surface area (Å²) in [7, 11) is 1.43. The van der Waals surface area contributed by atoms with Gasteiger partial charge in [-0.2, -0.15) is 4.37 Å². The minimum Gasteiger partial charge on any atom is -0.496 e. The van der Waals surface area contributed by atoms with Gasteiger partial charge in [0.15, 0.2) is 0 Å². The van der Waals surface area contributed by atoms with E-state index in [9.17, 15) is 4.79 Å². The molecule has 2 rings (SSSR count). The molecular formula is C11H11N3O3S. The zero-order valence-electron chi connectivity index (χ0n) is 9.80. The van der Waals surface area contributed by atoms with Crippen LogP contribution in [0.3, 0.4) is 0 Å². The number of benzene rings is 1. The fourth-order valence-electron chi connectivity index (χ4n) is 1.42. The number of aromatic nitrogens is 2. The van der Waals surface area contributed by atoms with Gasteiger partial charge in [-0.3, -0.25) is 0 Å². The lowest BCUT2D eigenvalue weighted by molar-refractivity contribution is 0.0693. The summed E-state index contributed by atoms with van der Waals surface area (Å²) in [5, 5.41) is 12.6. The second-order valence-corrected chi connectivity index (χ2v) is 4.24. The zero-order valence-corrected chi connectivity index (χ0v) is 10.6. The number of hydrogen-bond donors (Lipinski definition) is 2. The number of carbonyl (C=O) groups is 1. The molecule has 0 aliphatic heterocycles. The Labute approximate surface area is 107 Å². The maximum absolute atomic E-state index is 10.9. The van der Waals surface area contributed by atoms with Gasteiger partial charge < -0.3 is 15.2 Å². The minimum atomic E-state index is -1.02. The molecule has 0 radical (unpaired) electrons. The zero-order chi connectivity index (χ0) is 13.1. The third-order valence-electron chi connectivity index (χ3n) is 2.21. The van der Waals surface area contributed by atoms with Gasteiger partial charge in [-0.05, 0) is 19.1 Å². The summed E-state index contributed by atoms with van der Waals surface area (Å²) in [5.74, 6) is -0.0319. The van der Waals surface area contributed by atoms with Crippen LogP contribution in [0.25, 0.3) is 0 Å². The molecule has 7 heteroatoms. The number of methoxy groups -OCH3 is 1. The number of carboxylic acids is 1. The van der Waals surface area contributed by atoms with Crippen molar-refractivity contribution in [1.29, 1.82) is 0 Å². The van der Waals surface area contributed by atoms with Crippen molar-refractivity contribution in [2.75, 3.05) is 12.4 Å². The second kappa shape index (κ2) is 5.01. The summed E-state index contributed by atoms with van der Waals surface area (Å²) in [5.41, 5.74) is 0.824. The topological polar surface area (TPSA) is 84.3 Å². The molecule has 0 saturated carbocycles. The van der Waals surface area contributed by atoms with Crippen molar-refractivity contribution in [3.05, 3.63) is 29.6 Å². The van der Waals surface area contributed by atoms with Crippen LogP contribution in [0, 0.1) is 6.92 Å². The SMILES string of the molecule is COc1cc(Nc2nc(C)ns2)ccc1C(=O)O. The standard InChI is InChI=1S/C11H11N3O3S/c1-6-12-11(18-14-6)13-7-3-4-8(10(15)16)9(5-7)17-2/h3-5H,1-2H3,(H,15,16)(H,12,13,14). The number of ether oxygens (including phenoxy) is 1. The maximum atomic E-state index is 10.9. The first-order valence-electron chi connectivity index (χ1n) is 5.09. The summed E-state index contributed by atoms with van der Waals surface area (Å²) in [4.78, 5) is 15.1. The second-order valence-electron chi connectivity index (χ2n) is 3.49. The monoisotopic (exact) mass is 265 g/mol. The molecule has 1 aromatic carbocycles. The van der Waals surface area contributed by atoms with E-state index in [1.807, 2.05) is 0 Å². The molecule has 0 aliphatic rings. The van der Waals surface area contributed by atoms with E-state index in [1.54, 1.807) is 19.1 Å². The number of nitrogens with zero attached hydrogens (tertiary/aromatic N) is 2. The molecule has 18 heavy (non-hydrogen) atoms. The Balaban J connectivity index is 2.27. The van der Waals surface area contributed by atoms with Crippen molar-refractivity contribution >= 4 is 28.3 Å². The van der Waals surface area contributed by atoms with Crippen molar-refractivity contribution in [3.8, 4) is 5.75 Å². The molecule has 0 atom stereocenters. The van der Waals surface area contributed by atoms with E-state index in [1.165, 1.54) is 24.7 Å². The Bertz CT molecular complexity index is 583. The molecule has 0 aliphatic carbocycles.